The van der Waals surface area contributed by atoms with Crippen molar-refractivity contribution < 1.29 is 9.53 Å². The SMILES string of the molecule is CCC(C)c1ccccc1OC1CC(=O)C1(C)C. The van der Waals surface area contributed by atoms with Crippen LogP contribution in [0.15, 0.2) is 24.3 Å². The van der Waals surface area contributed by atoms with Crippen molar-refractivity contribution in [3.05, 3.63) is 29.8 Å². The molecule has 0 aromatic heterocycles. The molecule has 1 saturated carbocycles. The van der Waals surface area contributed by atoms with Crippen molar-refractivity contribution in [2.75, 3.05) is 0 Å². The van der Waals surface area contributed by atoms with Crippen LogP contribution in [-0.2, 0) is 4.79 Å². The van der Waals surface area contributed by atoms with E-state index in [9.17, 15) is 4.79 Å². The fraction of sp³-hybridized carbons (Fsp3) is 0.562. The Labute approximate surface area is 109 Å². The summed E-state index contributed by atoms with van der Waals surface area (Å²) < 4.78 is 6.07. The lowest BCUT2D eigenvalue weighted by atomic mass is 9.68. The van der Waals surface area contributed by atoms with Crippen molar-refractivity contribution in [3.63, 3.8) is 0 Å². The van der Waals surface area contributed by atoms with E-state index in [1.165, 1.54) is 5.56 Å². The second-order valence-electron chi connectivity index (χ2n) is 5.80. The molecule has 0 spiro atoms. The van der Waals surface area contributed by atoms with Gasteiger partial charge in [-0.05, 0) is 37.8 Å². The molecule has 1 aromatic carbocycles. The molecule has 0 aliphatic heterocycles. The van der Waals surface area contributed by atoms with Gasteiger partial charge in [-0.2, -0.15) is 0 Å². The fourth-order valence-corrected chi connectivity index (χ4v) is 2.29. The van der Waals surface area contributed by atoms with Crippen LogP contribution in [0.25, 0.3) is 0 Å². The van der Waals surface area contributed by atoms with Crippen LogP contribution in [0.5, 0.6) is 5.75 Å². The van der Waals surface area contributed by atoms with Crippen molar-refractivity contribution in [1.29, 1.82) is 0 Å². The van der Waals surface area contributed by atoms with E-state index in [1.54, 1.807) is 0 Å². The number of hydrogen-bond donors (Lipinski definition) is 0. The Morgan fingerprint density at radius 3 is 2.61 bits per heavy atom. The Hall–Kier alpha value is -1.31. The van der Waals surface area contributed by atoms with Crippen molar-refractivity contribution in [1.82, 2.24) is 0 Å². The molecular formula is C16H22O2. The Balaban J connectivity index is 2.18. The smallest absolute Gasteiger partial charge is 0.145 e. The second-order valence-corrected chi connectivity index (χ2v) is 5.80. The van der Waals surface area contributed by atoms with Crippen LogP contribution in [0.4, 0.5) is 0 Å². The molecule has 0 amide bonds. The van der Waals surface area contributed by atoms with Gasteiger partial charge in [0.05, 0.1) is 5.41 Å². The number of carbonyl (C=O) groups excluding carboxylic acids is 1. The third-order valence-corrected chi connectivity index (χ3v) is 4.23. The van der Waals surface area contributed by atoms with E-state index in [0.29, 0.717) is 18.1 Å². The zero-order valence-corrected chi connectivity index (χ0v) is 11.7. The summed E-state index contributed by atoms with van der Waals surface area (Å²) in [5, 5.41) is 0. The van der Waals surface area contributed by atoms with Gasteiger partial charge < -0.3 is 4.74 Å². The minimum atomic E-state index is -0.331. The summed E-state index contributed by atoms with van der Waals surface area (Å²) in [6.45, 7) is 8.32. The minimum absolute atomic E-state index is 0.0233. The van der Waals surface area contributed by atoms with Gasteiger partial charge in [0, 0.05) is 6.42 Å². The highest BCUT2D eigenvalue weighted by atomic mass is 16.5. The molecule has 98 valence electrons. The number of rotatable bonds is 4. The topological polar surface area (TPSA) is 26.3 Å². The number of ether oxygens (including phenoxy) is 1. The minimum Gasteiger partial charge on any atom is -0.489 e. The lowest BCUT2D eigenvalue weighted by Gasteiger charge is -2.42. The molecule has 0 saturated heterocycles. The van der Waals surface area contributed by atoms with E-state index in [1.807, 2.05) is 32.0 Å². The molecule has 0 N–H and O–H groups in total. The third kappa shape index (κ3) is 2.16. The zero-order chi connectivity index (χ0) is 13.3. The Morgan fingerprint density at radius 2 is 2.06 bits per heavy atom. The first-order valence-electron chi connectivity index (χ1n) is 6.75. The van der Waals surface area contributed by atoms with Gasteiger partial charge in [0.2, 0.25) is 0 Å². The average Bonchev–Trinajstić information content (AvgIpc) is 2.38. The average molecular weight is 246 g/mol. The zero-order valence-electron chi connectivity index (χ0n) is 11.7. The predicted octanol–water partition coefficient (Wildman–Crippen LogP) is 3.95. The van der Waals surface area contributed by atoms with Gasteiger partial charge in [-0.15, -0.1) is 0 Å². The van der Waals surface area contributed by atoms with E-state index in [-0.39, 0.29) is 11.5 Å². The number of Topliss-reactive ketones (excluding diaryl/α,β-unsaturated/α-hetero) is 1. The summed E-state index contributed by atoms with van der Waals surface area (Å²) in [6, 6.07) is 8.18. The van der Waals surface area contributed by atoms with E-state index in [2.05, 4.69) is 19.9 Å². The predicted molar refractivity (Wildman–Crippen MR) is 73.0 cm³/mol. The summed E-state index contributed by atoms with van der Waals surface area (Å²) in [5.74, 6) is 1.73. The van der Waals surface area contributed by atoms with Crippen LogP contribution < -0.4 is 4.74 Å². The summed E-state index contributed by atoms with van der Waals surface area (Å²) in [7, 11) is 0. The molecular weight excluding hydrogens is 224 g/mol. The molecule has 2 nitrogen and oxygen atoms in total. The maximum absolute atomic E-state index is 11.5. The highest BCUT2D eigenvalue weighted by Crippen LogP contribution is 2.41. The second kappa shape index (κ2) is 4.75. The maximum atomic E-state index is 11.5. The molecule has 1 aliphatic carbocycles. The number of benzene rings is 1. The van der Waals surface area contributed by atoms with Gasteiger partial charge in [-0.3, -0.25) is 4.79 Å². The molecule has 0 heterocycles. The maximum Gasteiger partial charge on any atom is 0.145 e. The van der Waals surface area contributed by atoms with Gasteiger partial charge >= 0.3 is 0 Å². The molecule has 0 radical (unpaired) electrons. The fourth-order valence-electron chi connectivity index (χ4n) is 2.29. The lowest BCUT2D eigenvalue weighted by Crippen LogP contribution is -2.53. The first-order valence-corrected chi connectivity index (χ1v) is 6.75. The van der Waals surface area contributed by atoms with Gasteiger partial charge in [-0.25, -0.2) is 0 Å². The first-order chi connectivity index (χ1) is 8.46. The molecule has 2 atom stereocenters. The van der Waals surface area contributed by atoms with Gasteiger partial charge in [0.1, 0.15) is 17.6 Å². The monoisotopic (exact) mass is 246 g/mol. The quantitative estimate of drug-likeness (QED) is 0.804. The van der Waals surface area contributed by atoms with E-state index in [4.69, 9.17) is 4.74 Å². The third-order valence-electron chi connectivity index (χ3n) is 4.23. The molecule has 2 rings (SSSR count). The summed E-state index contributed by atoms with van der Waals surface area (Å²) in [6.07, 6.45) is 1.66. The number of hydrogen-bond acceptors (Lipinski definition) is 2. The van der Waals surface area contributed by atoms with E-state index in [0.717, 1.165) is 12.2 Å². The molecule has 2 heteroatoms. The van der Waals surface area contributed by atoms with Crippen LogP contribution >= 0.6 is 0 Å². The van der Waals surface area contributed by atoms with Gasteiger partial charge in [-0.1, -0.05) is 32.0 Å². The van der Waals surface area contributed by atoms with Crippen LogP contribution in [0, 0.1) is 5.41 Å². The van der Waals surface area contributed by atoms with Gasteiger partial charge in [0.25, 0.3) is 0 Å². The van der Waals surface area contributed by atoms with Crippen molar-refractivity contribution in [2.45, 2.75) is 52.6 Å². The first kappa shape index (κ1) is 13.1. The van der Waals surface area contributed by atoms with E-state index >= 15 is 0 Å². The number of para-hydroxylation sites is 1. The lowest BCUT2D eigenvalue weighted by molar-refractivity contribution is -0.148. The summed E-state index contributed by atoms with van der Waals surface area (Å²) in [4.78, 5) is 11.5. The van der Waals surface area contributed by atoms with Crippen LogP contribution in [0.1, 0.15) is 52.0 Å². The normalized spacial score (nSPS) is 23.3. The molecule has 2 unspecified atom stereocenters. The largest absolute Gasteiger partial charge is 0.489 e. The number of ketones is 1. The van der Waals surface area contributed by atoms with Gasteiger partial charge in [0.15, 0.2) is 0 Å². The van der Waals surface area contributed by atoms with Crippen molar-refractivity contribution in [2.24, 2.45) is 5.41 Å². The van der Waals surface area contributed by atoms with E-state index < -0.39 is 0 Å². The molecule has 1 fully saturated rings. The molecule has 1 aromatic rings. The van der Waals surface area contributed by atoms with Crippen LogP contribution in [-0.4, -0.2) is 11.9 Å². The standard InChI is InChI=1S/C16H22O2/c1-5-11(2)12-8-6-7-9-13(12)18-15-10-14(17)16(15,3)4/h6-9,11,15H,5,10H2,1-4H3. The Kier molecular flexibility index (Phi) is 3.47. The highest BCUT2D eigenvalue weighted by Gasteiger charge is 2.49. The van der Waals surface area contributed by atoms with Crippen LogP contribution in [0.3, 0.4) is 0 Å². The Bertz CT molecular complexity index is 448. The summed E-state index contributed by atoms with van der Waals surface area (Å²) >= 11 is 0. The number of carbonyl (C=O) groups is 1. The van der Waals surface area contributed by atoms with Crippen molar-refractivity contribution in [3.8, 4) is 5.75 Å². The van der Waals surface area contributed by atoms with Crippen LogP contribution in [0.2, 0.25) is 0 Å². The molecule has 0 bridgehead atoms. The molecule has 1 aliphatic rings. The molecule has 18 heavy (non-hydrogen) atoms. The Morgan fingerprint density at radius 1 is 1.39 bits per heavy atom. The highest BCUT2D eigenvalue weighted by molar-refractivity contribution is 5.91. The van der Waals surface area contributed by atoms with Crippen molar-refractivity contribution >= 4 is 5.78 Å². The summed E-state index contributed by atoms with van der Waals surface area (Å²) in [5.41, 5.74) is 0.915.